The van der Waals surface area contributed by atoms with Gasteiger partial charge >= 0.3 is 0 Å². The lowest BCUT2D eigenvalue weighted by atomic mass is 10.2. The van der Waals surface area contributed by atoms with E-state index in [0.717, 1.165) is 10.6 Å². The molecule has 0 amide bonds. The zero-order valence-electron chi connectivity index (χ0n) is 13.8. The van der Waals surface area contributed by atoms with Crippen molar-refractivity contribution in [3.05, 3.63) is 71.5 Å². The summed E-state index contributed by atoms with van der Waals surface area (Å²) >= 11 is 1.47. The van der Waals surface area contributed by atoms with Gasteiger partial charge in [-0.2, -0.15) is 0 Å². The quantitative estimate of drug-likeness (QED) is 0.638. The molecule has 8 heteroatoms. The van der Waals surface area contributed by atoms with Crippen molar-refractivity contribution < 1.29 is 17.5 Å². The number of aromatic nitrogens is 1. The summed E-state index contributed by atoms with van der Waals surface area (Å²) in [4.78, 5) is 4.44. The number of thiazole rings is 1. The number of rotatable bonds is 8. The van der Waals surface area contributed by atoms with Crippen molar-refractivity contribution in [2.45, 2.75) is 6.54 Å². The normalized spacial score (nSPS) is 11.4. The van der Waals surface area contributed by atoms with Crippen LogP contribution in [0.25, 0.3) is 10.6 Å². The van der Waals surface area contributed by atoms with Crippen LogP contribution in [0.2, 0.25) is 0 Å². The molecule has 2 aromatic carbocycles. The van der Waals surface area contributed by atoms with Crippen LogP contribution in [0.1, 0.15) is 5.69 Å². The molecule has 26 heavy (non-hydrogen) atoms. The molecule has 3 aromatic rings. The fourth-order valence-electron chi connectivity index (χ4n) is 2.16. The molecule has 0 radical (unpaired) electrons. The van der Waals surface area contributed by atoms with E-state index in [0.29, 0.717) is 11.4 Å². The molecule has 136 valence electrons. The Bertz CT molecular complexity index is 942. The summed E-state index contributed by atoms with van der Waals surface area (Å²) in [5.74, 6) is -0.140. The number of sulfonamides is 1. The number of nitrogens with one attached hydrogen (secondary N) is 1. The average molecular weight is 392 g/mol. The van der Waals surface area contributed by atoms with E-state index < -0.39 is 10.0 Å². The van der Waals surface area contributed by atoms with Gasteiger partial charge in [-0.3, -0.25) is 0 Å². The van der Waals surface area contributed by atoms with Crippen LogP contribution >= 0.6 is 11.3 Å². The Labute approximate surface area is 155 Å². The highest BCUT2D eigenvalue weighted by atomic mass is 32.2. The van der Waals surface area contributed by atoms with Crippen molar-refractivity contribution in [3.63, 3.8) is 0 Å². The SMILES string of the molecule is O=S(=O)(CCOc1ccc(F)cc1)NCc1csc(-c2ccccc2)n1. The summed E-state index contributed by atoms with van der Waals surface area (Å²) in [5.41, 5.74) is 1.66. The topological polar surface area (TPSA) is 68.3 Å². The molecular weight excluding hydrogens is 375 g/mol. The van der Waals surface area contributed by atoms with Crippen molar-refractivity contribution in [2.24, 2.45) is 0 Å². The third-order valence-electron chi connectivity index (χ3n) is 3.48. The lowest BCUT2D eigenvalue weighted by Gasteiger charge is -2.07. The zero-order chi connectivity index (χ0) is 18.4. The third-order valence-corrected chi connectivity index (χ3v) is 5.71. The maximum atomic E-state index is 12.8. The predicted octanol–water partition coefficient (Wildman–Crippen LogP) is 3.45. The van der Waals surface area contributed by atoms with Crippen LogP contribution in [0, 0.1) is 5.82 Å². The Morgan fingerprint density at radius 1 is 1.08 bits per heavy atom. The summed E-state index contributed by atoms with van der Waals surface area (Å²) in [7, 11) is -3.50. The maximum absolute atomic E-state index is 12.8. The summed E-state index contributed by atoms with van der Waals surface area (Å²) in [6.45, 7) is 0.107. The monoisotopic (exact) mass is 392 g/mol. The van der Waals surface area contributed by atoms with E-state index in [4.69, 9.17) is 4.74 Å². The van der Waals surface area contributed by atoms with E-state index in [1.807, 2.05) is 35.7 Å². The largest absolute Gasteiger partial charge is 0.492 e. The number of halogens is 1. The molecule has 1 heterocycles. The van der Waals surface area contributed by atoms with Gasteiger partial charge in [-0.1, -0.05) is 30.3 Å². The number of nitrogens with zero attached hydrogens (tertiary/aromatic N) is 1. The molecule has 0 atom stereocenters. The number of hydrogen-bond donors (Lipinski definition) is 1. The van der Waals surface area contributed by atoms with E-state index in [-0.39, 0.29) is 24.7 Å². The molecule has 0 aliphatic heterocycles. The Kier molecular flexibility index (Phi) is 5.97. The van der Waals surface area contributed by atoms with Crippen LogP contribution in [0.4, 0.5) is 4.39 Å². The predicted molar refractivity (Wildman–Crippen MR) is 100 cm³/mol. The summed E-state index contributed by atoms with van der Waals surface area (Å²) in [6.07, 6.45) is 0. The van der Waals surface area contributed by atoms with Crippen LogP contribution in [-0.2, 0) is 16.6 Å². The molecule has 0 unspecified atom stereocenters. The third kappa shape index (κ3) is 5.35. The van der Waals surface area contributed by atoms with Crippen molar-refractivity contribution in [2.75, 3.05) is 12.4 Å². The smallest absolute Gasteiger partial charge is 0.215 e. The molecule has 0 bridgehead atoms. The molecule has 0 saturated carbocycles. The first-order chi connectivity index (χ1) is 12.5. The summed E-state index contributed by atoms with van der Waals surface area (Å²) in [6, 6.07) is 15.1. The van der Waals surface area contributed by atoms with Gasteiger partial charge in [-0.05, 0) is 24.3 Å². The van der Waals surface area contributed by atoms with Crippen molar-refractivity contribution in [1.29, 1.82) is 0 Å². The minimum atomic E-state index is -3.50. The number of ether oxygens (including phenoxy) is 1. The first-order valence-corrected chi connectivity index (χ1v) is 10.4. The molecule has 0 saturated heterocycles. The maximum Gasteiger partial charge on any atom is 0.215 e. The first-order valence-electron chi connectivity index (χ1n) is 7.87. The fourth-order valence-corrected chi connectivity index (χ4v) is 3.80. The molecule has 1 aromatic heterocycles. The van der Waals surface area contributed by atoms with Gasteiger partial charge in [-0.25, -0.2) is 22.5 Å². The highest BCUT2D eigenvalue weighted by Gasteiger charge is 2.12. The molecule has 5 nitrogen and oxygen atoms in total. The van der Waals surface area contributed by atoms with Crippen LogP contribution in [0.5, 0.6) is 5.75 Å². The van der Waals surface area contributed by atoms with Gasteiger partial charge in [0.1, 0.15) is 23.2 Å². The van der Waals surface area contributed by atoms with Crippen molar-refractivity contribution in [1.82, 2.24) is 9.71 Å². The molecule has 0 aliphatic carbocycles. The zero-order valence-corrected chi connectivity index (χ0v) is 15.4. The Morgan fingerprint density at radius 2 is 1.81 bits per heavy atom. The van der Waals surface area contributed by atoms with Gasteiger partial charge in [0.2, 0.25) is 10.0 Å². The lowest BCUT2D eigenvalue weighted by molar-refractivity contribution is 0.339. The van der Waals surface area contributed by atoms with Crippen LogP contribution in [0.3, 0.4) is 0 Å². The van der Waals surface area contributed by atoms with E-state index in [2.05, 4.69) is 9.71 Å². The van der Waals surface area contributed by atoms with Gasteiger partial charge < -0.3 is 4.74 Å². The van der Waals surface area contributed by atoms with E-state index in [1.54, 1.807) is 0 Å². The van der Waals surface area contributed by atoms with Gasteiger partial charge in [0.25, 0.3) is 0 Å². The molecular formula is C18H17FN2O3S2. The molecule has 0 spiro atoms. The van der Waals surface area contributed by atoms with Crippen molar-refractivity contribution in [3.8, 4) is 16.3 Å². The van der Waals surface area contributed by atoms with Gasteiger partial charge in [-0.15, -0.1) is 11.3 Å². The second-order valence-corrected chi connectivity index (χ2v) is 8.24. The van der Waals surface area contributed by atoms with E-state index in [1.165, 1.54) is 35.6 Å². The second-order valence-electron chi connectivity index (χ2n) is 5.45. The Morgan fingerprint density at radius 3 is 2.54 bits per heavy atom. The van der Waals surface area contributed by atoms with Gasteiger partial charge in [0.05, 0.1) is 18.0 Å². The fraction of sp³-hybridized carbons (Fsp3) is 0.167. The van der Waals surface area contributed by atoms with Crippen LogP contribution in [-0.4, -0.2) is 25.8 Å². The van der Waals surface area contributed by atoms with Crippen molar-refractivity contribution >= 4 is 21.4 Å². The molecule has 1 N–H and O–H groups in total. The summed E-state index contributed by atoms with van der Waals surface area (Å²) in [5, 5.41) is 2.68. The molecule has 0 aliphatic rings. The van der Waals surface area contributed by atoms with Crippen LogP contribution < -0.4 is 9.46 Å². The molecule has 0 fully saturated rings. The first kappa shape index (κ1) is 18.5. The lowest BCUT2D eigenvalue weighted by Crippen LogP contribution is -2.28. The van der Waals surface area contributed by atoms with Gasteiger partial charge in [0, 0.05) is 10.9 Å². The average Bonchev–Trinajstić information content (AvgIpc) is 3.12. The Hall–Kier alpha value is -2.29. The molecule has 3 rings (SSSR count). The highest BCUT2D eigenvalue weighted by molar-refractivity contribution is 7.89. The minimum absolute atomic E-state index is 0.0205. The van der Waals surface area contributed by atoms with E-state index in [9.17, 15) is 12.8 Å². The highest BCUT2D eigenvalue weighted by Crippen LogP contribution is 2.23. The minimum Gasteiger partial charge on any atom is -0.492 e. The second kappa shape index (κ2) is 8.39. The van der Waals surface area contributed by atoms with Gasteiger partial charge in [0.15, 0.2) is 0 Å². The number of hydrogen-bond acceptors (Lipinski definition) is 5. The van der Waals surface area contributed by atoms with E-state index >= 15 is 0 Å². The van der Waals surface area contributed by atoms with Crippen LogP contribution in [0.15, 0.2) is 60.0 Å². The Balaban J connectivity index is 1.49. The number of benzene rings is 2. The summed E-state index contributed by atoms with van der Waals surface area (Å²) < 4.78 is 44.7. The standard InChI is InChI=1S/C18H17FN2O3S2/c19-15-6-8-17(9-7-15)24-10-11-26(22,23)20-12-16-13-25-18(21-16)14-4-2-1-3-5-14/h1-9,13,20H,10-12H2.